The Morgan fingerprint density at radius 2 is 0.912 bits per heavy atom. The number of aliphatic hydroxyl groups is 2. The van der Waals surface area contributed by atoms with Crippen LogP contribution >= 0.6 is 7.82 Å². The third-order valence-electron chi connectivity index (χ3n) is 9.77. The average Bonchev–Trinajstić information content (AvgIpc) is 3.20. The summed E-state index contributed by atoms with van der Waals surface area (Å²) in [6.45, 7) is 2.35. The van der Waals surface area contributed by atoms with Gasteiger partial charge in [-0.1, -0.05) is 159 Å². The van der Waals surface area contributed by atoms with Crippen molar-refractivity contribution >= 4 is 19.8 Å². The van der Waals surface area contributed by atoms with Gasteiger partial charge in [0.25, 0.3) is 0 Å². The molecule has 11 heteroatoms. The van der Waals surface area contributed by atoms with Gasteiger partial charge in [0.15, 0.2) is 6.10 Å². The van der Waals surface area contributed by atoms with E-state index in [0.29, 0.717) is 12.8 Å². The summed E-state index contributed by atoms with van der Waals surface area (Å²) in [5.74, 6) is -0.940. The van der Waals surface area contributed by atoms with Gasteiger partial charge in [0, 0.05) is 12.8 Å². The lowest BCUT2D eigenvalue weighted by Crippen LogP contribution is -2.29. The molecule has 10 nitrogen and oxygen atoms in total. The van der Waals surface area contributed by atoms with E-state index in [0.717, 1.165) is 70.6 Å². The molecule has 0 aromatic heterocycles. The Balaban J connectivity index is 4.27. The highest BCUT2D eigenvalue weighted by Gasteiger charge is 2.27. The number of phosphoric acid groups is 1. The topological polar surface area (TPSA) is 149 Å². The second-order valence-electron chi connectivity index (χ2n) is 15.4. The Labute approximate surface area is 348 Å². The fourth-order valence-electron chi connectivity index (χ4n) is 6.19. The summed E-state index contributed by atoms with van der Waals surface area (Å²) >= 11 is 0. The lowest BCUT2D eigenvalue weighted by molar-refractivity contribution is -0.161. The number of unbranched alkanes of at least 4 members (excludes halogenated alkanes) is 23. The summed E-state index contributed by atoms with van der Waals surface area (Å²) in [6.07, 6.45) is 43.9. The maximum atomic E-state index is 12.6. The maximum Gasteiger partial charge on any atom is 0.472 e. The molecular weight excluding hydrogens is 743 g/mol. The predicted molar refractivity (Wildman–Crippen MR) is 233 cm³/mol. The minimum atomic E-state index is -4.62. The van der Waals surface area contributed by atoms with E-state index < -0.39 is 51.8 Å². The number of aliphatic hydroxyl groups excluding tert-OH is 2. The van der Waals surface area contributed by atoms with E-state index in [1.54, 1.807) is 0 Å². The van der Waals surface area contributed by atoms with Crippen LogP contribution in [0.15, 0.2) is 36.5 Å². The summed E-state index contributed by atoms with van der Waals surface area (Å²) < 4.78 is 32.7. The van der Waals surface area contributed by atoms with Crippen molar-refractivity contribution in [3.63, 3.8) is 0 Å². The van der Waals surface area contributed by atoms with E-state index in [9.17, 15) is 24.2 Å². The van der Waals surface area contributed by atoms with Crippen molar-refractivity contribution < 1.29 is 47.8 Å². The number of rotatable bonds is 43. The molecule has 0 radical (unpaired) electrons. The second kappa shape index (κ2) is 42.3. The Kier molecular flexibility index (Phi) is 41.0. The normalized spacial score (nSPS) is 14.1. The summed E-state index contributed by atoms with van der Waals surface area (Å²) in [5, 5.41) is 18.3. The SMILES string of the molecule is CCCCC/C=C\C/C=C\CCCCCCCC(=O)OC[C@H](COP(=O)(O)OC[C@@H](O)CO)OC(=O)CCCCCCCCCC/C=C\CCCCCCCCC. The Morgan fingerprint density at radius 1 is 0.526 bits per heavy atom. The molecule has 0 aliphatic rings. The number of phosphoric ester groups is 1. The van der Waals surface area contributed by atoms with E-state index >= 15 is 0 Å². The monoisotopic (exact) mass is 829 g/mol. The molecule has 0 heterocycles. The largest absolute Gasteiger partial charge is 0.472 e. The molecular formula is C46H85O10P. The van der Waals surface area contributed by atoms with Crippen molar-refractivity contribution in [1.82, 2.24) is 0 Å². The van der Waals surface area contributed by atoms with Crippen LogP contribution in [0.1, 0.15) is 206 Å². The van der Waals surface area contributed by atoms with Crippen LogP contribution in [0.25, 0.3) is 0 Å². The van der Waals surface area contributed by atoms with E-state index in [4.69, 9.17) is 23.6 Å². The number of hydrogen-bond acceptors (Lipinski definition) is 9. The number of esters is 2. The minimum absolute atomic E-state index is 0.178. The lowest BCUT2D eigenvalue weighted by Gasteiger charge is -2.20. The van der Waals surface area contributed by atoms with E-state index in [2.05, 4.69) is 50.3 Å². The second-order valence-corrected chi connectivity index (χ2v) is 16.9. The highest BCUT2D eigenvalue weighted by molar-refractivity contribution is 7.47. The molecule has 1 unspecified atom stereocenters. The number of hydrogen-bond donors (Lipinski definition) is 3. The highest BCUT2D eigenvalue weighted by atomic mass is 31.2. The van der Waals surface area contributed by atoms with Crippen LogP contribution in [0.3, 0.4) is 0 Å². The van der Waals surface area contributed by atoms with Crippen molar-refractivity contribution in [2.45, 2.75) is 219 Å². The van der Waals surface area contributed by atoms with Gasteiger partial charge < -0.3 is 24.6 Å². The molecule has 334 valence electrons. The van der Waals surface area contributed by atoms with Crippen LogP contribution in [-0.2, 0) is 32.7 Å². The van der Waals surface area contributed by atoms with Gasteiger partial charge in [0.1, 0.15) is 12.7 Å². The zero-order valence-electron chi connectivity index (χ0n) is 36.3. The number of allylic oxidation sites excluding steroid dienone is 6. The van der Waals surface area contributed by atoms with Crippen molar-refractivity contribution in [3.05, 3.63) is 36.5 Å². The molecule has 0 bridgehead atoms. The van der Waals surface area contributed by atoms with Gasteiger partial charge in [0.05, 0.1) is 19.8 Å². The van der Waals surface area contributed by atoms with Gasteiger partial charge in [-0.2, -0.15) is 0 Å². The number of carbonyl (C=O) groups excluding carboxylic acids is 2. The van der Waals surface area contributed by atoms with Gasteiger partial charge in [-0.3, -0.25) is 18.6 Å². The lowest BCUT2D eigenvalue weighted by atomic mass is 10.1. The fraction of sp³-hybridized carbons (Fsp3) is 0.826. The zero-order valence-corrected chi connectivity index (χ0v) is 37.2. The molecule has 0 spiro atoms. The summed E-state index contributed by atoms with van der Waals surface area (Å²) in [6, 6.07) is 0. The van der Waals surface area contributed by atoms with Crippen LogP contribution in [0.2, 0.25) is 0 Å². The van der Waals surface area contributed by atoms with Crippen molar-refractivity contribution in [1.29, 1.82) is 0 Å². The molecule has 0 aromatic carbocycles. The first kappa shape index (κ1) is 55.2. The van der Waals surface area contributed by atoms with Gasteiger partial charge >= 0.3 is 19.8 Å². The van der Waals surface area contributed by atoms with Crippen molar-refractivity contribution in [2.24, 2.45) is 0 Å². The molecule has 57 heavy (non-hydrogen) atoms. The third kappa shape index (κ3) is 42.1. The van der Waals surface area contributed by atoms with Gasteiger partial charge in [-0.25, -0.2) is 4.57 Å². The van der Waals surface area contributed by atoms with Gasteiger partial charge in [-0.15, -0.1) is 0 Å². The van der Waals surface area contributed by atoms with Gasteiger partial charge in [-0.05, 0) is 70.6 Å². The van der Waals surface area contributed by atoms with Crippen LogP contribution in [0.5, 0.6) is 0 Å². The van der Waals surface area contributed by atoms with Gasteiger partial charge in [0.2, 0.25) is 0 Å². The van der Waals surface area contributed by atoms with Crippen LogP contribution in [0.4, 0.5) is 0 Å². The fourth-order valence-corrected chi connectivity index (χ4v) is 6.98. The summed E-state index contributed by atoms with van der Waals surface area (Å²) in [5.41, 5.74) is 0. The first-order valence-electron chi connectivity index (χ1n) is 22.9. The molecule has 3 atom stereocenters. The molecule has 0 rings (SSSR count). The molecule has 0 amide bonds. The van der Waals surface area contributed by atoms with E-state index in [1.165, 1.54) is 96.3 Å². The first-order chi connectivity index (χ1) is 27.7. The average molecular weight is 829 g/mol. The van der Waals surface area contributed by atoms with E-state index in [-0.39, 0.29) is 19.4 Å². The Hall–Kier alpha value is -1.81. The Morgan fingerprint density at radius 3 is 1.40 bits per heavy atom. The molecule has 0 saturated heterocycles. The van der Waals surface area contributed by atoms with Crippen LogP contribution in [-0.4, -0.2) is 65.7 Å². The third-order valence-corrected chi connectivity index (χ3v) is 10.7. The summed E-state index contributed by atoms with van der Waals surface area (Å²) in [4.78, 5) is 35.0. The number of ether oxygens (including phenoxy) is 2. The predicted octanol–water partition coefficient (Wildman–Crippen LogP) is 12.3. The molecule has 3 N–H and O–H groups in total. The molecule has 0 aromatic rings. The molecule has 0 aliphatic carbocycles. The standard InChI is InChI=1S/C46H85O10P/c1-3-5-7-9-11-13-15-17-19-20-21-22-24-26-28-30-32-34-36-38-46(50)56-44(42-55-57(51,52)54-40-43(48)39-47)41-53-45(49)37-35-33-31-29-27-25-23-18-16-14-12-10-8-6-4-2/h12,14,18-20,23,43-44,47-48H,3-11,13,15-17,21-22,24-42H2,1-2H3,(H,51,52)/b14-12-,20-19-,23-18-/t43-,44+/m0/s1. The zero-order chi connectivity index (χ0) is 41.9. The van der Waals surface area contributed by atoms with Crippen molar-refractivity contribution in [2.75, 3.05) is 26.4 Å². The van der Waals surface area contributed by atoms with Crippen LogP contribution in [0, 0.1) is 0 Å². The Bertz CT molecular complexity index is 1050. The van der Waals surface area contributed by atoms with Crippen LogP contribution < -0.4 is 0 Å². The molecule has 0 saturated carbocycles. The highest BCUT2D eigenvalue weighted by Crippen LogP contribution is 2.43. The van der Waals surface area contributed by atoms with Crippen molar-refractivity contribution in [3.8, 4) is 0 Å². The molecule has 0 aliphatic heterocycles. The van der Waals surface area contributed by atoms with E-state index in [1.807, 2.05) is 0 Å². The quantitative estimate of drug-likeness (QED) is 0.0235. The smallest absolute Gasteiger partial charge is 0.462 e. The maximum absolute atomic E-state index is 12.6. The minimum Gasteiger partial charge on any atom is -0.462 e. The molecule has 0 fully saturated rings. The number of carbonyl (C=O) groups is 2. The summed E-state index contributed by atoms with van der Waals surface area (Å²) in [7, 11) is -4.62. The first-order valence-corrected chi connectivity index (χ1v) is 24.4.